The van der Waals surface area contributed by atoms with Crippen LogP contribution in [0.3, 0.4) is 0 Å². The number of esters is 1. The van der Waals surface area contributed by atoms with Gasteiger partial charge in [-0.1, -0.05) is 0 Å². The Morgan fingerprint density at radius 1 is 0.962 bits per heavy atom. The number of amides is 1. The molecular formula is C16H13N3O7. The second-order valence-electron chi connectivity index (χ2n) is 5.00. The molecule has 0 saturated heterocycles. The van der Waals surface area contributed by atoms with Gasteiger partial charge in [0.15, 0.2) is 0 Å². The standard InChI is InChI=1S/C16H13N3O7/c1-2-26-16(21)10-3-5-12(6-4-10)17-15(20)11-7-13(18(22)23)9-14(8-11)19(24)25/h3-9H,2H2,1H3,(H,17,20). The second kappa shape index (κ2) is 7.83. The van der Waals surface area contributed by atoms with Crippen LogP contribution in [0.2, 0.25) is 0 Å². The van der Waals surface area contributed by atoms with Gasteiger partial charge in [0.25, 0.3) is 17.3 Å². The molecule has 0 aromatic heterocycles. The van der Waals surface area contributed by atoms with Crippen molar-refractivity contribution in [1.29, 1.82) is 0 Å². The van der Waals surface area contributed by atoms with Crippen molar-refractivity contribution in [2.45, 2.75) is 6.92 Å². The minimum absolute atomic E-state index is 0.225. The first-order valence-electron chi connectivity index (χ1n) is 7.34. The van der Waals surface area contributed by atoms with Crippen molar-refractivity contribution in [2.75, 3.05) is 11.9 Å². The minimum Gasteiger partial charge on any atom is -0.462 e. The van der Waals surface area contributed by atoms with Gasteiger partial charge >= 0.3 is 5.97 Å². The summed E-state index contributed by atoms with van der Waals surface area (Å²) in [6, 6.07) is 8.40. The third-order valence-corrected chi connectivity index (χ3v) is 3.24. The summed E-state index contributed by atoms with van der Waals surface area (Å²) in [5.41, 5.74) is -0.780. The summed E-state index contributed by atoms with van der Waals surface area (Å²) in [5, 5.41) is 24.2. The number of nitro benzene ring substituents is 2. The van der Waals surface area contributed by atoms with E-state index in [1.165, 1.54) is 24.3 Å². The van der Waals surface area contributed by atoms with E-state index in [9.17, 15) is 29.8 Å². The monoisotopic (exact) mass is 359 g/mol. The topological polar surface area (TPSA) is 142 Å². The largest absolute Gasteiger partial charge is 0.462 e. The Labute approximate surface area is 146 Å². The van der Waals surface area contributed by atoms with Crippen molar-refractivity contribution in [3.05, 3.63) is 73.8 Å². The van der Waals surface area contributed by atoms with Crippen LogP contribution in [0, 0.1) is 20.2 Å². The van der Waals surface area contributed by atoms with Crippen LogP contribution >= 0.6 is 0 Å². The van der Waals surface area contributed by atoms with Gasteiger partial charge in [0.05, 0.1) is 33.6 Å². The van der Waals surface area contributed by atoms with Gasteiger partial charge in [-0.15, -0.1) is 0 Å². The summed E-state index contributed by atoms with van der Waals surface area (Å²) in [6.07, 6.45) is 0. The molecule has 26 heavy (non-hydrogen) atoms. The van der Waals surface area contributed by atoms with Gasteiger partial charge in [-0.3, -0.25) is 25.0 Å². The zero-order valence-corrected chi connectivity index (χ0v) is 13.5. The van der Waals surface area contributed by atoms with Gasteiger partial charge in [0.2, 0.25) is 0 Å². The minimum atomic E-state index is -0.822. The summed E-state index contributed by atoms with van der Waals surface area (Å²) in [7, 11) is 0. The third kappa shape index (κ3) is 4.38. The average Bonchev–Trinajstić information content (AvgIpc) is 2.62. The predicted octanol–water partition coefficient (Wildman–Crippen LogP) is 2.93. The summed E-state index contributed by atoms with van der Waals surface area (Å²) < 4.78 is 4.84. The molecular weight excluding hydrogens is 346 g/mol. The van der Waals surface area contributed by atoms with Crippen molar-refractivity contribution in [3.8, 4) is 0 Å². The van der Waals surface area contributed by atoms with Crippen LogP contribution in [0.1, 0.15) is 27.6 Å². The van der Waals surface area contributed by atoms with Crippen molar-refractivity contribution >= 4 is 28.9 Å². The van der Waals surface area contributed by atoms with Gasteiger partial charge in [0, 0.05) is 17.8 Å². The van der Waals surface area contributed by atoms with E-state index in [4.69, 9.17) is 4.74 Å². The quantitative estimate of drug-likeness (QED) is 0.474. The lowest BCUT2D eigenvalue weighted by Crippen LogP contribution is -2.13. The van der Waals surface area contributed by atoms with Gasteiger partial charge in [-0.05, 0) is 31.2 Å². The fourth-order valence-electron chi connectivity index (χ4n) is 2.04. The summed E-state index contributed by atoms with van der Waals surface area (Å²) >= 11 is 0. The molecule has 0 aliphatic rings. The first-order chi connectivity index (χ1) is 12.3. The molecule has 0 bridgehead atoms. The van der Waals surface area contributed by atoms with E-state index in [1.54, 1.807) is 6.92 Å². The molecule has 10 heteroatoms. The number of carbonyl (C=O) groups is 2. The fourth-order valence-corrected chi connectivity index (χ4v) is 2.04. The molecule has 1 amide bonds. The highest BCUT2D eigenvalue weighted by Gasteiger charge is 2.20. The summed E-state index contributed by atoms with van der Waals surface area (Å²) in [4.78, 5) is 43.9. The molecule has 0 saturated carbocycles. The van der Waals surface area contributed by atoms with Crippen molar-refractivity contribution in [2.24, 2.45) is 0 Å². The normalized spacial score (nSPS) is 10.0. The number of rotatable bonds is 6. The Morgan fingerprint density at radius 3 is 1.96 bits per heavy atom. The molecule has 134 valence electrons. The molecule has 1 N–H and O–H groups in total. The number of hydrogen-bond acceptors (Lipinski definition) is 7. The smallest absolute Gasteiger partial charge is 0.338 e. The number of nitro groups is 2. The molecule has 10 nitrogen and oxygen atoms in total. The lowest BCUT2D eigenvalue weighted by Gasteiger charge is -2.07. The van der Waals surface area contributed by atoms with E-state index < -0.39 is 33.1 Å². The van der Waals surface area contributed by atoms with Gasteiger partial charge in [-0.25, -0.2) is 4.79 Å². The predicted molar refractivity (Wildman–Crippen MR) is 90.1 cm³/mol. The summed E-state index contributed by atoms with van der Waals surface area (Å²) in [5.74, 6) is -1.28. The maximum absolute atomic E-state index is 12.2. The van der Waals surface area contributed by atoms with Crippen LogP contribution in [-0.2, 0) is 4.74 Å². The fraction of sp³-hybridized carbons (Fsp3) is 0.125. The number of carbonyl (C=O) groups excluding carboxylic acids is 2. The Kier molecular flexibility index (Phi) is 5.58. The highest BCUT2D eigenvalue weighted by Crippen LogP contribution is 2.23. The molecule has 0 heterocycles. The van der Waals surface area contributed by atoms with E-state index in [1.807, 2.05) is 0 Å². The molecule has 2 aromatic rings. The Balaban J connectivity index is 2.23. The van der Waals surface area contributed by atoms with Crippen LogP contribution in [-0.4, -0.2) is 28.3 Å². The SMILES string of the molecule is CCOC(=O)c1ccc(NC(=O)c2cc([N+](=O)[O-])cc([N+](=O)[O-])c2)cc1. The van der Waals surface area contributed by atoms with Crippen LogP contribution in [0.5, 0.6) is 0 Å². The maximum atomic E-state index is 12.2. The van der Waals surface area contributed by atoms with Crippen LogP contribution < -0.4 is 5.32 Å². The third-order valence-electron chi connectivity index (χ3n) is 3.24. The van der Waals surface area contributed by atoms with E-state index >= 15 is 0 Å². The first kappa shape index (κ1) is 18.5. The summed E-state index contributed by atoms with van der Waals surface area (Å²) in [6.45, 7) is 1.90. The Hall–Kier alpha value is -3.82. The lowest BCUT2D eigenvalue weighted by molar-refractivity contribution is -0.394. The highest BCUT2D eigenvalue weighted by atomic mass is 16.6. The van der Waals surface area contributed by atoms with E-state index in [-0.39, 0.29) is 17.7 Å². The number of nitrogens with zero attached hydrogens (tertiary/aromatic N) is 2. The zero-order valence-electron chi connectivity index (χ0n) is 13.5. The molecule has 0 spiro atoms. The van der Waals surface area contributed by atoms with Gasteiger partial charge < -0.3 is 10.1 Å². The van der Waals surface area contributed by atoms with E-state index in [0.717, 1.165) is 18.2 Å². The van der Waals surface area contributed by atoms with E-state index in [0.29, 0.717) is 5.69 Å². The van der Waals surface area contributed by atoms with Crippen LogP contribution in [0.25, 0.3) is 0 Å². The molecule has 0 fully saturated rings. The zero-order chi connectivity index (χ0) is 19.3. The van der Waals surface area contributed by atoms with Gasteiger partial charge in [0.1, 0.15) is 0 Å². The number of anilines is 1. The molecule has 0 aliphatic carbocycles. The number of non-ortho nitro benzene ring substituents is 2. The molecule has 0 atom stereocenters. The average molecular weight is 359 g/mol. The Bertz CT molecular complexity index is 846. The van der Waals surface area contributed by atoms with Crippen LogP contribution in [0.4, 0.5) is 17.1 Å². The van der Waals surface area contributed by atoms with Crippen LogP contribution in [0.15, 0.2) is 42.5 Å². The van der Waals surface area contributed by atoms with Crippen molar-refractivity contribution in [3.63, 3.8) is 0 Å². The van der Waals surface area contributed by atoms with E-state index in [2.05, 4.69) is 5.32 Å². The molecule has 0 unspecified atom stereocenters. The lowest BCUT2D eigenvalue weighted by atomic mass is 10.1. The second-order valence-corrected chi connectivity index (χ2v) is 5.00. The molecule has 2 rings (SSSR count). The number of hydrogen-bond donors (Lipinski definition) is 1. The Morgan fingerprint density at radius 2 is 1.50 bits per heavy atom. The molecule has 0 radical (unpaired) electrons. The number of nitrogens with one attached hydrogen (secondary N) is 1. The highest BCUT2D eigenvalue weighted by molar-refractivity contribution is 6.05. The first-order valence-corrected chi connectivity index (χ1v) is 7.34. The van der Waals surface area contributed by atoms with Gasteiger partial charge in [-0.2, -0.15) is 0 Å². The number of ether oxygens (including phenoxy) is 1. The van der Waals surface area contributed by atoms with Crippen molar-refractivity contribution in [1.82, 2.24) is 0 Å². The molecule has 2 aromatic carbocycles. The molecule has 0 aliphatic heterocycles. The maximum Gasteiger partial charge on any atom is 0.338 e. The van der Waals surface area contributed by atoms with Crippen molar-refractivity contribution < 1.29 is 24.2 Å². The number of benzene rings is 2.